The quantitative estimate of drug-likeness (QED) is 0.821. The Morgan fingerprint density at radius 1 is 1.31 bits per heavy atom. The summed E-state index contributed by atoms with van der Waals surface area (Å²) >= 11 is 0. The summed E-state index contributed by atoms with van der Waals surface area (Å²) in [6, 6.07) is 7.43. The van der Waals surface area contributed by atoms with Crippen LogP contribution < -0.4 is 4.72 Å². The second kappa shape index (κ2) is 5.16. The molecule has 0 heterocycles. The van der Waals surface area contributed by atoms with Gasteiger partial charge in [0.1, 0.15) is 0 Å². The van der Waals surface area contributed by atoms with Crippen LogP contribution in [0.2, 0.25) is 0 Å². The predicted molar refractivity (Wildman–Crippen MR) is 68.1 cm³/mol. The number of allylic oxidation sites excluding steroid dienone is 2. The fraction of sp³-hybridized carbons (Fsp3) is 0.333. The van der Waals surface area contributed by atoms with Crippen molar-refractivity contribution in [2.45, 2.75) is 19.8 Å². The van der Waals surface area contributed by atoms with E-state index < -0.39 is 10.0 Å². The van der Waals surface area contributed by atoms with Crippen molar-refractivity contribution in [3.63, 3.8) is 0 Å². The Balaban J connectivity index is 3.10. The monoisotopic (exact) mass is 239 g/mol. The fourth-order valence-electron chi connectivity index (χ4n) is 1.58. The zero-order chi connectivity index (χ0) is 12.2. The lowest BCUT2D eigenvalue weighted by Crippen LogP contribution is -2.11. The molecule has 1 aromatic carbocycles. The molecule has 1 rings (SSSR count). The maximum atomic E-state index is 11.2. The van der Waals surface area contributed by atoms with Crippen molar-refractivity contribution in [2.24, 2.45) is 0 Å². The number of hydrogen-bond acceptors (Lipinski definition) is 2. The van der Waals surface area contributed by atoms with Crippen LogP contribution >= 0.6 is 0 Å². The summed E-state index contributed by atoms with van der Waals surface area (Å²) in [5.74, 6) is 0.190. The summed E-state index contributed by atoms with van der Waals surface area (Å²) in [7, 11) is -3.22. The molecule has 0 spiro atoms. The van der Waals surface area contributed by atoms with Gasteiger partial charge in [-0.1, -0.05) is 37.3 Å². The summed E-state index contributed by atoms with van der Waals surface area (Å²) in [4.78, 5) is 0. The van der Waals surface area contributed by atoms with E-state index in [2.05, 4.69) is 4.72 Å². The maximum Gasteiger partial charge on any atom is 0.229 e. The molecule has 0 saturated heterocycles. The number of rotatable bonds is 4. The Labute approximate surface area is 97.2 Å². The molecule has 0 fully saturated rings. The summed E-state index contributed by atoms with van der Waals surface area (Å²) < 4.78 is 24.9. The summed E-state index contributed by atoms with van der Waals surface area (Å²) in [6.45, 7) is 3.98. The van der Waals surface area contributed by atoms with E-state index >= 15 is 0 Å². The number of nitrogens with one attached hydrogen (secondary N) is 1. The molecule has 0 saturated carbocycles. The van der Waals surface area contributed by atoms with Gasteiger partial charge in [-0.05, 0) is 18.6 Å². The molecule has 1 atom stereocenters. The number of benzene rings is 1. The molecule has 88 valence electrons. The molecule has 0 aromatic heterocycles. The average molecular weight is 239 g/mol. The van der Waals surface area contributed by atoms with E-state index in [9.17, 15) is 8.42 Å². The third-order valence-electron chi connectivity index (χ3n) is 2.23. The van der Waals surface area contributed by atoms with Gasteiger partial charge in [-0.25, -0.2) is 8.42 Å². The molecule has 0 bridgehead atoms. The van der Waals surface area contributed by atoms with Crippen molar-refractivity contribution in [3.05, 3.63) is 42.0 Å². The first-order valence-electron chi connectivity index (χ1n) is 5.13. The predicted octanol–water partition coefficient (Wildman–Crippen LogP) is 2.74. The molecule has 0 radical (unpaired) electrons. The summed E-state index contributed by atoms with van der Waals surface area (Å²) in [5, 5.41) is 0. The standard InChI is InChI=1S/C12H17NO2S/c1-4-7-10(2)11-8-5-6-9-12(11)13-16(3,14)15/h4-10,13H,1-3H3. The first-order valence-corrected chi connectivity index (χ1v) is 7.02. The number of sulfonamides is 1. The van der Waals surface area contributed by atoms with E-state index in [1.54, 1.807) is 6.07 Å². The van der Waals surface area contributed by atoms with Gasteiger partial charge in [-0.3, -0.25) is 4.72 Å². The summed E-state index contributed by atoms with van der Waals surface area (Å²) in [5.41, 5.74) is 1.63. The Morgan fingerprint density at radius 3 is 2.50 bits per heavy atom. The van der Waals surface area contributed by atoms with E-state index in [1.807, 2.05) is 44.2 Å². The van der Waals surface area contributed by atoms with Crippen LogP contribution in [0.1, 0.15) is 25.3 Å². The average Bonchev–Trinajstić information content (AvgIpc) is 2.16. The summed E-state index contributed by atoms with van der Waals surface area (Å²) in [6.07, 6.45) is 5.15. The molecule has 0 aliphatic rings. The second-order valence-corrected chi connectivity index (χ2v) is 5.52. The number of para-hydroxylation sites is 1. The highest BCUT2D eigenvalue weighted by atomic mass is 32.2. The molecule has 0 aliphatic carbocycles. The highest BCUT2D eigenvalue weighted by Crippen LogP contribution is 2.25. The van der Waals surface area contributed by atoms with Gasteiger partial charge in [0.15, 0.2) is 0 Å². The lowest BCUT2D eigenvalue weighted by atomic mass is 9.99. The zero-order valence-electron chi connectivity index (χ0n) is 9.77. The highest BCUT2D eigenvalue weighted by molar-refractivity contribution is 7.92. The van der Waals surface area contributed by atoms with Gasteiger partial charge in [0.2, 0.25) is 10.0 Å². The third-order valence-corrected chi connectivity index (χ3v) is 2.82. The van der Waals surface area contributed by atoms with Gasteiger partial charge in [-0.15, -0.1) is 0 Å². The van der Waals surface area contributed by atoms with Crippen LogP contribution in [-0.2, 0) is 10.0 Å². The molecular formula is C12H17NO2S. The van der Waals surface area contributed by atoms with Crippen molar-refractivity contribution >= 4 is 15.7 Å². The van der Waals surface area contributed by atoms with Gasteiger partial charge in [-0.2, -0.15) is 0 Å². The molecule has 4 heteroatoms. The van der Waals surface area contributed by atoms with E-state index in [4.69, 9.17) is 0 Å². The Bertz CT molecular complexity index is 478. The van der Waals surface area contributed by atoms with E-state index in [-0.39, 0.29) is 5.92 Å². The number of anilines is 1. The fourth-order valence-corrected chi connectivity index (χ4v) is 2.16. The topological polar surface area (TPSA) is 46.2 Å². The van der Waals surface area contributed by atoms with Crippen LogP contribution in [0.25, 0.3) is 0 Å². The van der Waals surface area contributed by atoms with E-state index in [1.165, 1.54) is 0 Å². The third kappa shape index (κ3) is 3.70. The second-order valence-electron chi connectivity index (χ2n) is 3.78. The van der Waals surface area contributed by atoms with Crippen LogP contribution in [0.3, 0.4) is 0 Å². The van der Waals surface area contributed by atoms with Crippen molar-refractivity contribution in [2.75, 3.05) is 11.0 Å². The lowest BCUT2D eigenvalue weighted by Gasteiger charge is -2.13. The number of hydrogen-bond donors (Lipinski definition) is 1. The molecule has 16 heavy (non-hydrogen) atoms. The molecule has 3 nitrogen and oxygen atoms in total. The van der Waals surface area contributed by atoms with Gasteiger partial charge >= 0.3 is 0 Å². The van der Waals surface area contributed by atoms with Crippen LogP contribution in [0.5, 0.6) is 0 Å². The van der Waals surface area contributed by atoms with E-state index in [0.29, 0.717) is 5.69 Å². The molecular weight excluding hydrogens is 222 g/mol. The van der Waals surface area contributed by atoms with Crippen molar-refractivity contribution in [1.29, 1.82) is 0 Å². The first kappa shape index (κ1) is 12.8. The minimum atomic E-state index is -3.22. The zero-order valence-corrected chi connectivity index (χ0v) is 10.6. The molecule has 1 aromatic rings. The minimum absolute atomic E-state index is 0.190. The largest absolute Gasteiger partial charge is 0.283 e. The smallest absolute Gasteiger partial charge is 0.229 e. The van der Waals surface area contributed by atoms with Crippen molar-refractivity contribution in [1.82, 2.24) is 0 Å². The Hall–Kier alpha value is -1.29. The van der Waals surface area contributed by atoms with Gasteiger partial charge in [0.05, 0.1) is 11.9 Å². The lowest BCUT2D eigenvalue weighted by molar-refractivity contribution is 0.606. The van der Waals surface area contributed by atoms with Crippen LogP contribution in [0.15, 0.2) is 36.4 Å². The molecule has 0 aliphatic heterocycles. The molecule has 1 N–H and O–H groups in total. The van der Waals surface area contributed by atoms with Crippen LogP contribution in [-0.4, -0.2) is 14.7 Å². The van der Waals surface area contributed by atoms with Crippen molar-refractivity contribution < 1.29 is 8.42 Å². The first-order chi connectivity index (χ1) is 7.44. The highest BCUT2D eigenvalue weighted by Gasteiger charge is 2.10. The normalized spacial score (nSPS) is 13.9. The van der Waals surface area contributed by atoms with Gasteiger partial charge < -0.3 is 0 Å². The molecule has 0 amide bonds. The van der Waals surface area contributed by atoms with Crippen molar-refractivity contribution in [3.8, 4) is 0 Å². The minimum Gasteiger partial charge on any atom is -0.283 e. The Morgan fingerprint density at radius 2 is 1.94 bits per heavy atom. The van der Waals surface area contributed by atoms with Gasteiger partial charge in [0.25, 0.3) is 0 Å². The molecule has 1 unspecified atom stereocenters. The SMILES string of the molecule is CC=CC(C)c1ccccc1NS(C)(=O)=O. The van der Waals surface area contributed by atoms with E-state index in [0.717, 1.165) is 11.8 Å². The Kier molecular flexibility index (Phi) is 4.12. The van der Waals surface area contributed by atoms with Gasteiger partial charge in [0, 0.05) is 5.92 Å². The van der Waals surface area contributed by atoms with Crippen LogP contribution in [0.4, 0.5) is 5.69 Å². The maximum absolute atomic E-state index is 11.2. The van der Waals surface area contributed by atoms with Crippen LogP contribution in [0, 0.1) is 0 Å².